The van der Waals surface area contributed by atoms with Crippen LogP contribution in [0.2, 0.25) is 0 Å². The smallest absolute Gasteiger partial charge is 0.312 e. The van der Waals surface area contributed by atoms with Crippen LogP contribution in [0.3, 0.4) is 0 Å². The van der Waals surface area contributed by atoms with Crippen LogP contribution >= 0.6 is 0 Å². The SMILES string of the molecule is COc1ccc(C[C@H]2COC(=O)C2C(O)c2ccc(OC)c(OC)c2OC)cc1OC. The molecule has 0 amide bonds. The van der Waals surface area contributed by atoms with E-state index in [2.05, 4.69) is 0 Å². The number of carbonyl (C=O) groups excluding carboxylic acids is 1. The molecule has 0 saturated carbocycles. The lowest BCUT2D eigenvalue weighted by molar-refractivity contribution is -0.144. The Balaban J connectivity index is 1.91. The van der Waals surface area contributed by atoms with E-state index in [0.29, 0.717) is 40.7 Å². The van der Waals surface area contributed by atoms with Crippen molar-refractivity contribution in [2.75, 3.05) is 42.2 Å². The fourth-order valence-electron chi connectivity index (χ4n) is 4.02. The lowest BCUT2D eigenvalue weighted by Gasteiger charge is -2.24. The van der Waals surface area contributed by atoms with E-state index in [0.717, 1.165) is 5.56 Å². The molecule has 1 fully saturated rings. The molecule has 1 aliphatic rings. The highest BCUT2D eigenvalue weighted by atomic mass is 16.5. The summed E-state index contributed by atoms with van der Waals surface area (Å²) >= 11 is 0. The third kappa shape index (κ3) is 4.34. The zero-order valence-electron chi connectivity index (χ0n) is 18.3. The highest BCUT2D eigenvalue weighted by molar-refractivity contribution is 5.76. The van der Waals surface area contributed by atoms with Crippen molar-refractivity contribution < 1.29 is 38.3 Å². The molecule has 0 aromatic heterocycles. The summed E-state index contributed by atoms with van der Waals surface area (Å²) in [5, 5.41) is 11.2. The van der Waals surface area contributed by atoms with Gasteiger partial charge < -0.3 is 33.5 Å². The number of rotatable bonds is 9. The van der Waals surface area contributed by atoms with Gasteiger partial charge in [-0.1, -0.05) is 6.07 Å². The van der Waals surface area contributed by atoms with Gasteiger partial charge in [0.2, 0.25) is 5.75 Å². The molecule has 31 heavy (non-hydrogen) atoms. The fourth-order valence-corrected chi connectivity index (χ4v) is 4.02. The van der Waals surface area contributed by atoms with Gasteiger partial charge in [0.05, 0.1) is 54.2 Å². The Morgan fingerprint density at radius 2 is 1.55 bits per heavy atom. The first-order valence-corrected chi connectivity index (χ1v) is 9.83. The number of benzene rings is 2. The van der Waals surface area contributed by atoms with Crippen molar-refractivity contribution in [1.29, 1.82) is 0 Å². The van der Waals surface area contributed by atoms with Gasteiger partial charge in [-0.25, -0.2) is 0 Å². The minimum absolute atomic E-state index is 0.213. The number of cyclic esters (lactones) is 1. The molecule has 1 heterocycles. The first kappa shape index (κ1) is 22.6. The summed E-state index contributed by atoms with van der Waals surface area (Å²) in [5.74, 6) is 0.906. The minimum atomic E-state index is -1.14. The van der Waals surface area contributed by atoms with Gasteiger partial charge in [0.15, 0.2) is 23.0 Å². The summed E-state index contributed by atoms with van der Waals surface area (Å²) in [7, 11) is 7.62. The summed E-state index contributed by atoms with van der Waals surface area (Å²) in [6.07, 6.45) is -0.626. The van der Waals surface area contributed by atoms with Gasteiger partial charge in [0.1, 0.15) is 0 Å². The van der Waals surface area contributed by atoms with E-state index in [4.69, 9.17) is 28.4 Å². The molecule has 8 nitrogen and oxygen atoms in total. The van der Waals surface area contributed by atoms with Crippen LogP contribution < -0.4 is 23.7 Å². The summed E-state index contributed by atoms with van der Waals surface area (Å²) in [6, 6.07) is 8.93. The van der Waals surface area contributed by atoms with E-state index in [9.17, 15) is 9.90 Å². The van der Waals surface area contributed by atoms with Crippen LogP contribution in [-0.2, 0) is 16.0 Å². The average molecular weight is 432 g/mol. The maximum absolute atomic E-state index is 12.6. The lowest BCUT2D eigenvalue weighted by Crippen LogP contribution is -2.26. The number of methoxy groups -OCH3 is 5. The number of aliphatic hydroxyl groups is 1. The molecule has 2 aromatic carbocycles. The summed E-state index contributed by atoms with van der Waals surface area (Å²) in [4.78, 5) is 12.6. The molecule has 3 rings (SSSR count). The molecule has 8 heteroatoms. The molecule has 1 aliphatic heterocycles. The van der Waals surface area contributed by atoms with Crippen molar-refractivity contribution >= 4 is 5.97 Å². The monoisotopic (exact) mass is 432 g/mol. The normalized spacial score (nSPS) is 18.8. The first-order valence-electron chi connectivity index (χ1n) is 9.83. The topological polar surface area (TPSA) is 92.7 Å². The molecule has 0 radical (unpaired) electrons. The Kier molecular flexibility index (Phi) is 7.12. The lowest BCUT2D eigenvalue weighted by atomic mass is 9.82. The zero-order chi connectivity index (χ0) is 22.5. The molecule has 1 saturated heterocycles. The van der Waals surface area contributed by atoms with E-state index < -0.39 is 18.0 Å². The van der Waals surface area contributed by atoms with Crippen LogP contribution in [0.15, 0.2) is 30.3 Å². The Morgan fingerprint density at radius 1 is 0.903 bits per heavy atom. The van der Waals surface area contributed by atoms with Gasteiger partial charge in [0.25, 0.3) is 0 Å². The molecule has 2 unspecified atom stereocenters. The minimum Gasteiger partial charge on any atom is -0.493 e. The van der Waals surface area contributed by atoms with Gasteiger partial charge in [-0.15, -0.1) is 0 Å². The van der Waals surface area contributed by atoms with Gasteiger partial charge in [0, 0.05) is 11.5 Å². The summed E-state index contributed by atoms with van der Waals surface area (Å²) in [6.45, 7) is 0.213. The quantitative estimate of drug-likeness (QED) is 0.605. The van der Waals surface area contributed by atoms with Crippen LogP contribution in [0.4, 0.5) is 0 Å². The molecule has 0 aliphatic carbocycles. The second kappa shape index (κ2) is 9.78. The van der Waals surface area contributed by atoms with Gasteiger partial charge in [-0.3, -0.25) is 4.79 Å². The number of ether oxygens (including phenoxy) is 6. The maximum atomic E-state index is 12.6. The third-order valence-electron chi connectivity index (χ3n) is 5.56. The first-order chi connectivity index (χ1) is 15.0. The number of hydrogen-bond acceptors (Lipinski definition) is 8. The Bertz CT molecular complexity index is 926. The number of esters is 1. The van der Waals surface area contributed by atoms with Crippen molar-refractivity contribution in [1.82, 2.24) is 0 Å². The van der Waals surface area contributed by atoms with Crippen LogP contribution in [-0.4, -0.2) is 53.2 Å². The maximum Gasteiger partial charge on any atom is 0.312 e. The van der Waals surface area contributed by atoms with E-state index in [-0.39, 0.29) is 12.5 Å². The molecule has 0 spiro atoms. The van der Waals surface area contributed by atoms with E-state index >= 15 is 0 Å². The van der Waals surface area contributed by atoms with Crippen molar-refractivity contribution in [3.8, 4) is 28.7 Å². The third-order valence-corrected chi connectivity index (χ3v) is 5.56. The van der Waals surface area contributed by atoms with Crippen molar-refractivity contribution in [3.05, 3.63) is 41.5 Å². The Labute approximate surface area is 181 Å². The average Bonchev–Trinajstić information content (AvgIpc) is 3.16. The van der Waals surface area contributed by atoms with E-state index in [1.54, 1.807) is 26.4 Å². The molecule has 0 bridgehead atoms. The molecule has 3 atom stereocenters. The predicted molar refractivity (Wildman–Crippen MR) is 112 cm³/mol. The fraction of sp³-hybridized carbons (Fsp3) is 0.435. The van der Waals surface area contributed by atoms with Gasteiger partial charge in [-0.05, 0) is 36.2 Å². The van der Waals surface area contributed by atoms with Crippen LogP contribution in [0.1, 0.15) is 17.2 Å². The summed E-state index contributed by atoms with van der Waals surface area (Å²) in [5.41, 5.74) is 1.37. The highest BCUT2D eigenvalue weighted by Gasteiger charge is 2.43. The van der Waals surface area contributed by atoms with Crippen molar-refractivity contribution in [2.45, 2.75) is 12.5 Å². The van der Waals surface area contributed by atoms with Crippen molar-refractivity contribution in [3.63, 3.8) is 0 Å². The predicted octanol–water partition coefficient (Wildman–Crippen LogP) is 2.79. The van der Waals surface area contributed by atoms with Crippen LogP contribution in [0.25, 0.3) is 0 Å². The molecular weight excluding hydrogens is 404 g/mol. The number of hydrogen-bond donors (Lipinski definition) is 1. The number of aliphatic hydroxyl groups excluding tert-OH is 1. The van der Waals surface area contributed by atoms with E-state index in [1.165, 1.54) is 21.3 Å². The van der Waals surface area contributed by atoms with Crippen LogP contribution in [0.5, 0.6) is 28.7 Å². The summed E-state index contributed by atoms with van der Waals surface area (Å²) < 4.78 is 32.2. The van der Waals surface area contributed by atoms with Gasteiger partial charge >= 0.3 is 5.97 Å². The second-order valence-electron chi connectivity index (χ2n) is 7.18. The zero-order valence-corrected chi connectivity index (χ0v) is 18.3. The standard InChI is InChI=1S/C23H28O8/c1-26-16-8-6-13(11-18(16)28-3)10-14-12-31-23(25)19(14)20(24)15-7-9-17(27-2)22(30-5)21(15)29-4/h6-9,11,14,19-20,24H,10,12H2,1-5H3/t14-,19?,20?/m0/s1. The molecule has 2 aromatic rings. The molecule has 168 valence electrons. The molecular formula is C23H28O8. The second-order valence-corrected chi connectivity index (χ2v) is 7.18. The molecule has 1 N–H and O–H groups in total. The highest BCUT2D eigenvalue weighted by Crippen LogP contribution is 2.46. The number of carbonyl (C=O) groups is 1. The van der Waals surface area contributed by atoms with Gasteiger partial charge in [-0.2, -0.15) is 0 Å². The van der Waals surface area contributed by atoms with E-state index in [1.807, 2.05) is 18.2 Å². The Hall–Kier alpha value is -3.13. The largest absolute Gasteiger partial charge is 0.493 e. The van der Waals surface area contributed by atoms with Crippen molar-refractivity contribution in [2.24, 2.45) is 11.8 Å². The van der Waals surface area contributed by atoms with Crippen LogP contribution in [0, 0.1) is 11.8 Å². The Morgan fingerprint density at radius 3 is 2.16 bits per heavy atom.